The summed E-state index contributed by atoms with van der Waals surface area (Å²) in [4.78, 5) is 0. The van der Waals surface area contributed by atoms with Crippen LogP contribution in [0, 0.1) is 0 Å². The van der Waals surface area contributed by atoms with Crippen LogP contribution in [0.15, 0.2) is 48.5 Å². The zero-order chi connectivity index (χ0) is 16.3. The van der Waals surface area contributed by atoms with Crippen molar-refractivity contribution in [1.29, 1.82) is 0 Å². The van der Waals surface area contributed by atoms with Gasteiger partial charge in [-0.05, 0) is 60.0 Å². The van der Waals surface area contributed by atoms with Crippen molar-refractivity contribution in [2.24, 2.45) is 0 Å². The van der Waals surface area contributed by atoms with Gasteiger partial charge in [-0.1, -0.05) is 50.2 Å². The fourth-order valence-electron chi connectivity index (χ4n) is 3.76. The van der Waals surface area contributed by atoms with Crippen molar-refractivity contribution in [3.05, 3.63) is 65.2 Å². The molecule has 1 unspecified atom stereocenters. The Hall–Kier alpha value is -1.80. The van der Waals surface area contributed by atoms with Crippen LogP contribution in [0.1, 0.15) is 37.0 Å². The zero-order valence-electron chi connectivity index (χ0n) is 14.4. The van der Waals surface area contributed by atoms with E-state index in [-0.39, 0.29) is 5.41 Å². The number of methoxy groups -OCH3 is 1. The van der Waals surface area contributed by atoms with Crippen LogP contribution in [0.4, 0.5) is 0 Å². The van der Waals surface area contributed by atoms with Crippen LogP contribution in [-0.2, 0) is 18.3 Å². The van der Waals surface area contributed by atoms with Gasteiger partial charge in [-0.25, -0.2) is 0 Å². The second-order valence-corrected chi connectivity index (χ2v) is 7.20. The van der Waals surface area contributed by atoms with Crippen molar-refractivity contribution in [2.45, 2.75) is 44.6 Å². The molecule has 0 bridgehead atoms. The number of hydrogen-bond donors (Lipinski definition) is 1. The van der Waals surface area contributed by atoms with Crippen LogP contribution in [0.3, 0.4) is 0 Å². The second-order valence-electron chi connectivity index (χ2n) is 7.20. The lowest BCUT2D eigenvalue weighted by molar-refractivity contribution is 0.342. The molecule has 3 rings (SSSR count). The number of rotatable bonds is 5. The Balaban J connectivity index is 1.65. The molecule has 0 aromatic heterocycles. The molecule has 1 N–H and O–H groups in total. The maximum Gasteiger partial charge on any atom is 0.119 e. The van der Waals surface area contributed by atoms with Crippen molar-refractivity contribution in [3.63, 3.8) is 0 Å². The monoisotopic (exact) mass is 309 g/mol. The van der Waals surface area contributed by atoms with E-state index in [9.17, 15) is 0 Å². The van der Waals surface area contributed by atoms with Crippen LogP contribution < -0.4 is 10.1 Å². The highest BCUT2D eigenvalue weighted by molar-refractivity contribution is 5.42. The van der Waals surface area contributed by atoms with Crippen molar-refractivity contribution < 1.29 is 4.74 Å². The fourth-order valence-corrected chi connectivity index (χ4v) is 3.76. The molecule has 1 aliphatic carbocycles. The van der Waals surface area contributed by atoms with E-state index in [2.05, 4.69) is 67.7 Å². The molecule has 0 heterocycles. The molecule has 2 aromatic rings. The lowest BCUT2D eigenvalue weighted by Crippen LogP contribution is -2.42. The standard InChI is InChI=1S/C21H27NO/c1-21(2)15-18(22-12-11-16-7-5-4-6-8-16)13-17-9-10-19(23-3)14-20(17)21/h4-10,14,18,22H,11-13,15H2,1-3H3. The van der Waals surface area contributed by atoms with Crippen LogP contribution in [0.5, 0.6) is 5.75 Å². The third kappa shape index (κ3) is 3.76. The summed E-state index contributed by atoms with van der Waals surface area (Å²) >= 11 is 0. The Morgan fingerprint density at radius 2 is 1.91 bits per heavy atom. The Morgan fingerprint density at radius 3 is 2.65 bits per heavy atom. The first-order valence-electron chi connectivity index (χ1n) is 8.53. The molecule has 122 valence electrons. The molecular formula is C21H27NO. The smallest absolute Gasteiger partial charge is 0.119 e. The third-order valence-corrected chi connectivity index (χ3v) is 4.96. The predicted octanol–water partition coefficient (Wildman–Crippen LogP) is 4.12. The van der Waals surface area contributed by atoms with E-state index in [0.717, 1.165) is 25.1 Å². The van der Waals surface area contributed by atoms with E-state index in [1.54, 1.807) is 7.11 Å². The molecule has 0 spiro atoms. The molecule has 1 aliphatic rings. The van der Waals surface area contributed by atoms with Gasteiger partial charge < -0.3 is 10.1 Å². The van der Waals surface area contributed by atoms with Gasteiger partial charge in [0, 0.05) is 6.04 Å². The fraction of sp³-hybridized carbons (Fsp3) is 0.429. The number of nitrogens with one attached hydrogen (secondary N) is 1. The average Bonchev–Trinajstić information content (AvgIpc) is 2.55. The van der Waals surface area contributed by atoms with Gasteiger partial charge in [-0.2, -0.15) is 0 Å². The van der Waals surface area contributed by atoms with Crippen LogP contribution in [-0.4, -0.2) is 19.7 Å². The number of hydrogen-bond acceptors (Lipinski definition) is 2. The van der Waals surface area contributed by atoms with Crippen LogP contribution in [0.2, 0.25) is 0 Å². The minimum absolute atomic E-state index is 0.187. The van der Waals surface area contributed by atoms with Gasteiger partial charge in [0.1, 0.15) is 5.75 Å². The van der Waals surface area contributed by atoms with Gasteiger partial charge in [-0.15, -0.1) is 0 Å². The number of benzene rings is 2. The highest BCUT2D eigenvalue weighted by atomic mass is 16.5. The van der Waals surface area contributed by atoms with Gasteiger partial charge in [0.05, 0.1) is 7.11 Å². The summed E-state index contributed by atoms with van der Waals surface area (Å²) in [5.74, 6) is 0.965. The summed E-state index contributed by atoms with van der Waals surface area (Å²) in [5.41, 5.74) is 4.49. The van der Waals surface area contributed by atoms with Gasteiger partial charge in [0.15, 0.2) is 0 Å². The summed E-state index contributed by atoms with van der Waals surface area (Å²) in [7, 11) is 1.74. The molecule has 0 fully saturated rings. The summed E-state index contributed by atoms with van der Waals surface area (Å²) in [5, 5.41) is 3.76. The zero-order valence-corrected chi connectivity index (χ0v) is 14.4. The molecule has 0 amide bonds. The van der Waals surface area contributed by atoms with Crippen molar-refractivity contribution in [3.8, 4) is 5.75 Å². The van der Waals surface area contributed by atoms with Gasteiger partial charge in [0.2, 0.25) is 0 Å². The highest BCUT2D eigenvalue weighted by Gasteiger charge is 2.32. The minimum Gasteiger partial charge on any atom is -0.497 e. The van der Waals surface area contributed by atoms with E-state index in [0.29, 0.717) is 6.04 Å². The first-order chi connectivity index (χ1) is 11.1. The molecule has 0 radical (unpaired) electrons. The van der Waals surface area contributed by atoms with Gasteiger partial charge in [-0.3, -0.25) is 0 Å². The second kappa shape index (κ2) is 6.76. The van der Waals surface area contributed by atoms with E-state index in [1.165, 1.54) is 23.1 Å². The van der Waals surface area contributed by atoms with Crippen molar-refractivity contribution in [2.75, 3.05) is 13.7 Å². The molecule has 2 heteroatoms. The van der Waals surface area contributed by atoms with E-state index < -0.39 is 0 Å². The summed E-state index contributed by atoms with van der Waals surface area (Å²) in [6.45, 7) is 5.73. The normalized spacial score (nSPS) is 19.2. The van der Waals surface area contributed by atoms with Gasteiger partial charge in [0.25, 0.3) is 0 Å². The Bertz CT molecular complexity index is 648. The highest BCUT2D eigenvalue weighted by Crippen LogP contribution is 2.38. The maximum atomic E-state index is 5.40. The first kappa shape index (κ1) is 16.1. The Labute approximate surface area is 139 Å². The lowest BCUT2D eigenvalue weighted by atomic mass is 9.70. The van der Waals surface area contributed by atoms with E-state index in [1.807, 2.05) is 0 Å². The van der Waals surface area contributed by atoms with E-state index in [4.69, 9.17) is 4.74 Å². The van der Waals surface area contributed by atoms with Crippen molar-refractivity contribution >= 4 is 0 Å². The Morgan fingerprint density at radius 1 is 1.13 bits per heavy atom. The summed E-state index contributed by atoms with van der Waals surface area (Å²) in [6.07, 6.45) is 3.37. The molecule has 0 saturated heterocycles. The average molecular weight is 309 g/mol. The van der Waals surface area contributed by atoms with Gasteiger partial charge >= 0.3 is 0 Å². The molecule has 0 saturated carbocycles. The maximum absolute atomic E-state index is 5.40. The minimum atomic E-state index is 0.187. The van der Waals surface area contributed by atoms with Crippen LogP contribution in [0.25, 0.3) is 0 Å². The summed E-state index contributed by atoms with van der Waals surface area (Å²) in [6, 6.07) is 17.8. The molecular weight excluding hydrogens is 282 g/mol. The van der Waals surface area contributed by atoms with E-state index >= 15 is 0 Å². The van der Waals surface area contributed by atoms with Crippen LogP contribution >= 0.6 is 0 Å². The first-order valence-corrected chi connectivity index (χ1v) is 8.53. The summed E-state index contributed by atoms with van der Waals surface area (Å²) < 4.78 is 5.40. The molecule has 1 atom stereocenters. The predicted molar refractivity (Wildman–Crippen MR) is 96.3 cm³/mol. The number of ether oxygens (including phenoxy) is 1. The third-order valence-electron chi connectivity index (χ3n) is 4.96. The molecule has 2 nitrogen and oxygen atoms in total. The largest absolute Gasteiger partial charge is 0.497 e. The molecule has 0 aliphatic heterocycles. The Kier molecular flexibility index (Phi) is 4.72. The molecule has 2 aromatic carbocycles. The quantitative estimate of drug-likeness (QED) is 0.897. The van der Waals surface area contributed by atoms with Crippen molar-refractivity contribution in [1.82, 2.24) is 5.32 Å². The SMILES string of the molecule is COc1ccc2c(c1)C(C)(C)CC(NCCc1ccccc1)C2. The topological polar surface area (TPSA) is 21.3 Å². The lowest BCUT2D eigenvalue weighted by Gasteiger charge is -2.38. The number of fused-ring (bicyclic) bond motifs is 1. The molecule has 23 heavy (non-hydrogen) atoms.